The summed E-state index contributed by atoms with van der Waals surface area (Å²) >= 11 is 0. The second kappa shape index (κ2) is 6.86. The van der Waals surface area contributed by atoms with E-state index in [1.807, 2.05) is 13.8 Å². The van der Waals surface area contributed by atoms with Crippen molar-refractivity contribution in [3.8, 4) is 6.07 Å². The molecule has 5 heteroatoms. The van der Waals surface area contributed by atoms with E-state index in [1.54, 1.807) is 30.1 Å². The van der Waals surface area contributed by atoms with Crippen LogP contribution in [0.25, 0.3) is 0 Å². The number of hydrogen-bond acceptors (Lipinski definition) is 3. The lowest BCUT2D eigenvalue weighted by atomic mass is 10.1. The van der Waals surface area contributed by atoms with Crippen molar-refractivity contribution in [3.05, 3.63) is 35.1 Å². The Hall–Kier alpha value is -1.93. The molecule has 1 amide bonds. The molecular formula is C14H18FN3O. The molecule has 0 unspecified atom stereocenters. The molecule has 0 saturated carbocycles. The number of hydrogen-bond donors (Lipinski definition) is 1. The number of likely N-dealkylation sites (N-methyl/N-ethyl adjacent to an activating group) is 1. The van der Waals surface area contributed by atoms with Crippen LogP contribution in [-0.4, -0.2) is 30.4 Å². The van der Waals surface area contributed by atoms with Crippen molar-refractivity contribution in [2.24, 2.45) is 0 Å². The van der Waals surface area contributed by atoms with Gasteiger partial charge in [-0.3, -0.25) is 9.69 Å². The van der Waals surface area contributed by atoms with Crippen LogP contribution in [0.2, 0.25) is 0 Å². The average Bonchev–Trinajstić information content (AvgIpc) is 2.30. The van der Waals surface area contributed by atoms with Gasteiger partial charge in [-0.2, -0.15) is 5.26 Å². The van der Waals surface area contributed by atoms with Crippen molar-refractivity contribution in [1.29, 1.82) is 5.26 Å². The van der Waals surface area contributed by atoms with Gasteiger partial charge in [0.15, 0.2) is 0 Å². The van der Waals surface area contributed by atoms with Gasteiger partial charge in [0.1, 0.15) is 11.9 Å². The molecule has 0 atom stereocenters. The summed E-state index contributed by atoms with van der Waals surface area (Å²) in [4.78, 5) is 13.3. The van der Waals surface area contributed by atoms with Crippen molar-refractivity contribution in [3.63, 3.8) is 0 Å². The van der Waals surface area contributed by atoms with Crippen molar-refractivity contribution >= 4 is 5.91 Å². The van der Waals surface area contributed by atoms with E-state index in [-0.39, 0.29) is 30.6 Å². The highest BCUT2D eigenvalue weighted by atomic mass is 19.1. The third kappa shape index (κ3) is 4.68. The van der Waals surface area contributed by atoms with Gasteiger partial charge in [0.05, 0.1) is 12.1 Å². The van der Waals surface area contributed by atoms with Crippen LogP contribution in [0.15, 0.2) is 18.2 Å². The molecule has 0 aliphatic heterocycles. The Balaban J connectivity index is 2.65. The van der Waals surface area contributed by atoms with Crippen molar-refractivity contribution in [1.82, 2.24) is 10.2 Å². The Labute approximate surface area is 112 Å². The summed E-state index contributed by atoms with van der Waals surface area (Å²) in [7, 11) is 1.73. The molecule has 0 bridgehead atoms. The van der Waals surface area contributed by atoms with E-state index in [0.29, 0.717) is 5.56 Å². The smallest absolute Gasteiger partial charge is 0.234 e. The summed E-state index contributed by atoms with van der Waals surface area (Å²) in [5.41, 5.74) is 0.441. The standard InChI is InChI=1S/C14H18FN3O/c1-10(2)17-13(19)9-18(3)8-12-6-4-5-11(7-16)14(12)15/h4-6,10H,8-9H2,1-3H3,(H,17,19). The second-order valence-electron chi connectivity index (χ2n) is 4.78. The van der Waals surface area contributed by atoms with E-state index in [0.717, 1.165) is 0 Å². The summed E-state index contributed by atoms with van der Waals surface area (Å²) in [5.74, 6) is -0.615. The number of amides is 1. The van der Waals surface area contributed by atoms with Gasteiger partial charge in [-0.15, -0.1) is 0 Å². The van der Waals surface area contributed by atoms with Crippen LogP contribution in [0.1, 0.15) is 25.0 Å². The van der Waals surface area contributed by atoms with E-state index in [1.165, 1.54) is 6.07 Å². The summed E-state index contributed by atoms with van der Waals surface area (Å²) in [6, 6.07) is 6.58. The van der Waals surface area contributed by atoms with Gasteiger partial charge in [-0.1, -0.05) is 12.1 Å². The molecule has 19 heavy (non-hydrogen) atoms. The predicted octanol–water partition coefficient (Wildman–Crippen LogP) is 1.65. The van der Waals surface area contributed by atoms with Crippen molar-refractivity contribution in [2.75, 3.05) is 13.6 Å². The highest BCUT2D eigenvalue weighted by molar-refractivity contribution is 5.78. The Morgan fingerprint density at radius 3 is 2.79 bits per heavy atom. The Bertz CT molecular complexity index is 494. The number of carbonyl (C=O) groups excluding carboxylic acids is 1. The number of nitriles is 1. The molecule has 102 valence electrons. The fourth-order valence-corrected chi connectivity index (χ4v) is 1.75. The SMILES string of the molecule is CC(C)NC(=O)CN(C)Cc1cccc(C#N)c1F. The molecular weight excluding hydrogens is 245 g/mol. The van der Waals surface area contributed by atoms with Gasteiger partial charge in [0.25, 0.3) is 0 Å². The molecule has 1 aromatic carbocycles. The first-order valence-electron chi connectivity index (χ1n) is 6.09. The number of rotatable bonds is 5. The monoisotopic (exact) mass is 263 g/mol. The first-order chi connectivity index (χ1) is 8.93. The van der Waals surface area contributed by atoms with Crippen LogP contribution in [-0.2, 0) is 11.3 Å². The van der Waals surface area contributed by atoms with Gasteiger partial charge in [-0.25, -0.2) is 4.39 Å². The van der Waals surface area contributed by atoms with E-state index >= 15 is 0 Å². The lowest BCUT2D eigenvalue weighted by Gasteiger charge is -2.18. The Morgan fingerprint density at radius 1 is 1.53 bits per heavy atom. The van der Waals surface area contributed by atoms with Crippen LogP contribution in [0, 0.1) is 17.1 Å². The van der Waals surface area contributed by atoms with Crippen molar-refractivity contribution in [2.45, 2.75) is 26.4 Å². The number of nitrogens with one attached hydrogen (secondary N) is 1. The lowest BCUT2D eigenvalue weighted by Crippen LogP contribution is -2.38. The van der Waals surface area contributed by atoms with E-state index in [2.05, 4.69) is 5.32 Å². The minimum absolute atomic E-state index is 0.0255. The molecule has 0 spiro atoms. The minimum Gasteiger partial charge on any atom is -0.353 e. The fourth-order valence-electron chi connectivity index (χ4n) is 1.75. The van der Waals surface area contributed by atoms with Crippen molar-refractivity contribution < 1.29 is 9.18 Å². The third-order valence-corrected chi connectivity index (χ3v) is 2.50. The number of nitrogens with zero attached hydrogens (tertiary/aromatic N) is 2. The van der Waals surface area contributed by atoms with Gasteiger partial charge >= 0.3 is 0 Å². The molecule has 1 rings (SSSR count). The number of halogens is 1. The molecule has 0 saturated heterocycles. The largest absolute Gasteiger partial charge is 0.353 e. The van der Waals surface area contributed by atoms with E-state index in [9.17, 15) is 9.18 Å². The maximum absolute atomic E-state index is 13.8. The highest BCUT2D eigenvalue weighted by Gasteiger charge is 2.12. The predicted molar refractivity (Wildman–Crippen MR) is 70.7 cm³/mol. The summed E-state index contributed by atoms with van der Waals surface area (Å²) in [5, 5.41) is 11.5. The molecule has 0 radical (unpaired) electrons. The van der Waals surface area contributed by atoms with Gasteiger partial charge in [0, 0.05) is 18.2 Å². The molecule has 0 fully saturated rings. The molecule has 1 N–H and O–H groups in total. The highest BCUT2D eigenvalue weighted by Crippen LogP contribution is 2.13. The normalized spacial score (nSPS) is 10.6. The maximum Gasteiger partial charge on any atom is 0.234 e. The third-order valence-electron chi connectivity index (χ3n) is 2.50. The quantitative estimate of drug-likeness (QED) is 0.879. The molecule has 0 heterocycles. The zero-order chi connectivity index (χ0) is 14.4. The fraction of sp³-hybridized carbons (Fsp3) is 0.429. The van der Waals surface area contributed by atoms with Gasteiger partial charge < -0.3 is 5.32 Å². The Morgan fingerprint density at radius 2 is 2.21 bits per heavy atom. The van der Waals surface area contributed by atoms with E-state index in [4.69, 9.17) is 5.26 Å². The van der Waals surface area contributed by atoms with Crippen LogP contribution in [0.4, 0.5) is 4.39 Å². The van der Waals surface area contributed by atoms with Gasteiger partial charge in [0.2, 0.25) is 5.91 Å². The van der Waals surface area contributed by atoms with E-state index < -0.39 is 5.82 Å². The summed E-state index contributed by atoms with van der Waals surface area (Å²) in [6.07, 6.45) is 0. The summed E-state index contributed by atoms with van der Waals surface area (Å²) in [6.45, 7) is 4.24. The first-order valence-corrected chi connectivity index (χ1v) is 6.09. The van der Waals surface area contributed by atoms with Gasteiger partial charge in [-0.05, 0) is 27.0 Å². The zero-order valence-corrected chi connectivity index (χ0v) is 11.4. The topological polar surface area (TPSA) is 56.1 Å². The molecule has 4 nitrogen and oxygen atoms in total. The first kappa shape index (κ1) is 15.1. The number of benzene rings is 1. The zero-order valence-electron chi connectivity index (χ0n) is 11.4. The van der Waals surface area contributed by atoms with Crippen LogP contribution in [0.3, 0.4) is 0 Å². The Kier molecular flexibility index (Phi) is 5.46. The average molecular weight is 263 g/mol. The molecule has 0 aliphatic carbocycles. The minimum atomic E-state index is -0.513. The lowest BCUT2D eigenvalue weighted by molar-refractivity contribution is -0.122. The molecule has 1 aromatic rings. The number of carbonyl (C=O) groups is 1. The molecule has 0 aliphatic rings. The van der Waals surface area contributed by atoms with Crippen LogP contribution in [0.5, 0.6) is 0 Å². The maximum atomic E-state index is 13.8. The molecule has 0 aromatic heterocycles. The van der Waals surface area contributed by atoms with Crippen LogP contribution < -0.4 is 5.32 Å². The van der Waals surface area contributed by atoms with Crippen LogP contribution >= 0.6 is 0 Å². The second-order valence-corrected chi connectivity index (χ2v) is 4.78. The summed E-state index contributed by atoms with van der Waals surface area (Å²) < 4.78 is 13.8.